The van der Waals surface area contributed by atoms with E-state index in [4.69, 9.17) is 4.74 Å². The zero-order valence-electron chi connectivity index (χ0n) is 13.1. The van der Waals surface area contributed by atoms with Crippen LogP contribution >= 0.6 is 0 Å². The molecule has 0 aliphatic heterocycles. The third kappa shape index (κ3) is 8.46. The molecule has 0 atom stereocenters. The molecule has 0 heterocycles. The first-order chi connectivity index (χ1) is 8.62. The van der Waals surface area contributed by atoms with Gasteiger partial charge >= 0.3 is 6.09 Å². The molecule has 0 saturated carbocycles. The van der Waals surface area contributed by atoms with Crippen LogP contribution in [0.2, 0.25) is 0 Å². The topological polar surface area (TPSA) is 67.4 Å². The second-order valence-electron chi connectivity index (χ2n) is 5.99. The normalized spacial score (nSPS) is 11.9. The molecule has 0 spiro atoms. The molecule has 0 rings (SSSR count). The molecule has 19 heavy (non-hydrogen) atoms. The van der Waals surface area contributed by atoms with Crippen molar-refractivity contribution in [3.63, 3.8) is 0 Å². The molecule has 0 aliphatic rings. The zero-order chi connectivity index (χ0) is 15.1. The molecule has 0 saturated heterocycles. The molecular weight excluding hydrogens is 244 g/mol. The Balaban J connectivity index is 3.96. The minimum Gasteiger partial charge on any atom is -0.444 e. The lowest BCUT2D eigenvalue weighted by molar-refractivity contribution is -0.122. The van der Waals surface area contributed by atoms with Crippen molar-refractivity contribution in [1.82, 2.24) is 10.6 Å². The van der Waals surface area contributed by atoms with Crippen LogP contribution in [0.25, 0.3) is 0 Å². The van der Waals surface area contributed by atoms with E-state index < -0.39 is 11.7 Å². The smallest absolute Gasteiger partial charge is 0.407 e. The number of carbonyl (C=O) groups excluding carboxylic acids is 2. The number of hydrogen-bond acceptors (Lipinski definition) is 3. The lowest BCUT2D eigenvalue weighted by Gasteiger charge is -2.28. The van der Waals surface area contributed by atoms with Gasteiger partial charge in [0, 0.05) is 18.5 Å². The van der Waals surface area contributed by atoms with E-state index in [0.717, 1.165) is 12.8 Å². The Labute approximate surface area is 116 Å². The van der Waals surface area contributed by atoms with Gasteiger partial charge in [-0.1, -0.05) is 13.8 Å². The van der Waals surface area contributed by atoms with Crippen LogP contribution in [0.4, 0.5) is 4.79 Å². The molecule has 0 aromatic carbocycles. The summed E-state index contributed by atoms with van der Waals surface area (Å²) < 4.78 is 5.08. The fraction of sp³-hybridized carbons (Fsp3) is 0.857. The van der Waals surface area contributed by atoms with Crippen molar-refractivity contribution >= 4 is 12.0 Å². The van der Waals surface area contributed by atoms with Crippen LogP contribution in [0.3, 0.4) is 0 Å². The second-order valence-corrected chi connectivity index (χ2v) is 5.99. The van der Waals surface area contributed by atoms with Gasteiger partial charge in [0.1, 0.15) is 5.60 Å². The Morgan fingerprint density at radius 1 is 1.05 bits per heavy atom. The van der Waals surface area contributed by atoms with Gasteiger partial charge in [0.2, 0.25) is 5.91 Å². The lowest BCUT2D eigenvalue weighted by atomic mass is 9.95. The van der Waals surface area contributed by atoms with Gasteiger partial charge in [-0.25, -0.2) is 4.79 Å². The molecule has 5 nitrogen and oxygen atoms in total. The molecule has 0 aromatic heterocycles. The minimum absolute atomic E-state index is 0.0535. The highest BCUT2D eigenvalue weighted by Crippen LogP contribution is 2.13. The number of rotatable bonds is 6. The van der Waals surface area contributed by atoms with Crippen molar-refractivity contribution in [1.29, 1.82) is 0 Å². The second kappa shape index (κ2) is 7.36. The van der Waals surface area contributed by atoms with Crippen molar-refractivity contribution in [2.45, 2.75) is 71.9 Å². The third-order valence-electron chi connectivity index (χ3n) is 3.02. The van der Waals surface area contributed by atoms with Crippen LogP contribution in [-0.4, -0.2) is 29.7 Å². The Hall–Kier alpha value is -1.26. The number of hydrogen-bond donors (Lipinski definition) is 2. The van der Waals surface area contributed by atoms with Crippen molar-refractivity contribution in [2.75, 3.05) is 6.54 Å². The summed E-state index contributed by atoms with van der Waals surface area (Å²) in [7, 11) is 0. The largest absolute Gasteiger partial charge is 0.444 e. The summed E-state index contributed by atoms with van der Waals surface area (Å²) in [4.78, 5) is 23.1. The van der Waals surface area contributed by atoms with E-state index in [1.807, 2.05) is 20.8 Å². The van der Waals surface area contributed by atoms with E-state index >= 15 is 0 Å². The van der Waals surface area contributed by atoms with Crippen molar-refractivity contribution in [3.05, 3.63) is 0 Å². The molecule has 0 fully saturated rings. The molecule has 0 bridgehead atoms. The summed E-state index contributed by atoms with van der Waals surface area (Å²) in [6, 6.07) is 0. The van der Waals surface area contributed by atoms with Crippen LogP contribution < -0.4 is 10.6 Å². The molecular formula is C14H28N2O3. The van der Waals surface area contributed by atoms with Gasteiger partial charge in [0.15, 0.2) is 0 Å². The first-order valence-electron chi connectivity index (χ1n) is 6.89. The Morgan fingerprint density at radius 2 is 1.58 bits per heavy atom. The van der Waals surface area contributed by atoms with Crippen molar-refractivity contribution in [3.8, 4) is 0 Å². The van der Waals surface area contributed by atoms with E-state index in [0.29, 0.717) is 0 Å². The van der Waals surface area contributed by atoms with E-state index in [-0.39, 0.29) is 24.4 Å². The zero-order valence-corrected chi connectivity index (χ0v) is 13.1. The predicted molar refractivity (Wildman–Crippen MR) is 76.0 cm³/mol. The van der Waals surface area contributed by atoms with Crippen molar-refractivity contribution in [2.24, 2.45) is 0 Å². The van der Waals surface area contributed by atoms with Gasteiger partial charge in [-0.05, 0) is 40.5 Å². The molecule has 5 heteroatoms. The van der Waals surface area contributed by atoms with Crippen molar-refractivity contribution < 1.29 is 14.3 Å². The fourth-order valence-electron chi connectivity index (χ4n) is 1.42. The van der Waals surface area contributed by atoms with Gasteiger partial charge in [-0.15, -0.1) is 0 Å². The van der Waals surface area contributed by atoms with Crippen LogP contribution in [0.5, 0.6) is 0 Å². The average molecular weight is 272 g/mol. The molecule has 2 amide bonds. The number of alkyl carbamates (subject to hydrolysis) is 1. The summed E-state index contributed by atoms with van der Waals surface area (Å²) >= 11 is 0. The van der Waals surface area contributed by atoms with Crippen LogP contribution in [0.15, 0.2) is 0 Å². The Bertz CT molecular complexity index is 304. The standard InChI is InChI=1S/C14H28N2O3/c1-7-14(6,8-2)16-11(17)9-10-15-12(18)19-13(3,4)5/h7-10H2,1-6H3,(H,15,18)(H,16,17). The quantitative estimate of drug-likeness (QED) is 0.781. The van der Waals surface area contributed by atoms with Gasteiger partial charge in [-0.2, -0.15) is 0 Å². The summed E-state index contributed by atoms with van der Waals surface area (Å²) in [5.74, 6) is -0.0535. The maximum Gasteiger partial charge on any atom is 0.407 e. The maximum atomic E-state index is 11.7. The summed E-state index contributed by atoms with van der Waals surface area (Å²) in [6.07, 6.45) is 1.53. The number of nitrogens with one attached hydrogen (secondary N) is 2. The highest BCUT2D eigenvalue weighted by atomic mass is 16.6. The highest BCUT2D eigenvalue weighted by Gasteiger charge is 2.21. The number of carbonyl (C=O) groups is 2. The summed E-state index contributed by atoms with van der Waals surface area (Å²) in [5, 5.41) is 5.55. The average Bonchev–Trinajstić information content (AvgIpc) is 2.26. The maximum absolute atomic E-state index is 11.7. The molecule has 0 aromatic rings. The minimum atomic E-state index is -0.519. The van der Waals surface area contributed by atoms with E-state index in [9.17, 15) is 9.59 Å². The molecule has 0 aliphatic carbocycles. The van der Waals surface area contributed by atoms with Gasteiger partial charge in [0.25, 0.3) is 0 Å². The first kappa shape index (κ1) is 17.7. The fourth-order valence-corrected chi connectivity index (χ4v) is 1.42. The SMILES string of the molecule is CCC(C)(CC)NC(=O)CCNC(=O)OC(C)(C)C. The van der Waals surface area contributed by atoms with E-state index in [1.54, 1.807) is 20.8 Å². The highest BCUT2D eigenvalue weighted by molar-refractivity contribution is 5.77. The van der Waals surface area contributed by atoms with Crippen LogP contribution in [-0.2, 0) is 9.53 Å². The van der Waals surface area contributed by atoms with Gasteiger partial charge < -0.3 is 15.4 Å². The number of ether oxygens (including phenoxy) is 1. The number of amides is 2. The van der Waals surface area contributed by atoms with E-state index in [2.05, 4.69) is 10.6 Å². The summed E-state index contributed by atoms with van der Waals surface area (Å²) in [5.41, 5.74) is -0.682. The molecule has 0 unspecified atom stereocenters. The third-order valence-corrected chi connectivity index (χ3v) is 3.02. The van der Waals surface area contributed by atoms with Crippen LogP contribution in [0.1, 0.15) is 60.8 Å². The molecule has 0 radical (unpaired) electrons. The summed E-state index contributed by atoms with van der Waals surface area (Å²) in [6.45, 7) is 11.8. The predicted octanol–water partition coefficient (Wildman–Crippen LogP) is 2.60. The lowest BCUT2D eigenvalue weighted by Crippen LogP contribution is -2.46. The molecule has 2 N–H and O–H groups in total. The monoisotopic (exact) mass is 272 g/mol. The Kier molecular flexibility index (Phi) is 6.87. The van der Waals surface area contributed by atoms with Gasteiger partial charge in [-0.3, -0.25) is 4.79 Å². The molecule has 112 valence electrons. The van der Waals surface area contributed by atoms with E-state index in [1.165, 1.54) is 0 Å². The Morgan fingerprint density at radius 3 is 2.00 bits per heavy atom. The van der Waals surface area contributed by atoms with Crippen LogP contribution in [0, 0.1) is 0 Å². The first-order valence-corrected chi connectivity index (χ1v) is 6.89. The van der Waals surface area contributed by atoms with Gasteiger partial charge in [0.05, 0.1) is 0 Å².